The maximum atomic E-state index is 13.0. The Hall–Kier alpha value is -3.16. The second-order valence-corrected chi connectivity index (χ2v) is 6.19. The van der Waals surface area contributed by atoms with Crippen LogP contribution in [0.25, 0.3) is 0 Å². The predicted octanol–water partition coefficient (Wildman–Crippen LogP) is 2.07. The summed E-state index contributed by atoms with van der Waals surface area (Å²) in [7, 11) is 0. The second kappa shape index (κ2) is 6.99. The number of hydrogen-bond acceptors (Lipinski definition) is 6. The number of aryl methyl sites for hydroxylation is 2. The van der Waals surface area contributed by atoms with Crippen molar-refractivity contribution in [2.75, 3.05) is 6.61 Å². The first-order chi connectivity index (χ1) is 12.7. The van der Waals surface area contributed by atoms with Crippen LogP contribution in [0.5, 0.6) is 5.88 Å². The molecular weight excluding hydrogens is 334 g/mol. The van der Waals surface area contributed by atoms with Crippen LogP contribution in [-0.2, 0) is 13.1 Å². The smallest absolute Gasteiger partial charge is 0.290 e. The highest BCUT2D eigenvalue weighted by atomic mass is 16.5. The van der Waals surface area contributed by atoms with E-state index in [4.69, 9.17) is 9.15 Å². The molecule has 8 heteroatoms. The number of fused-ring (bicyclic) bond motifs is 1. The molecule has 0 radical (unpaired) electrons. The number of rotatable bonds is 4. The zero-order chi connectivity index (χ0) is 17.9. The summed E-state index contributed by atoms with van der Waals surface area (Å²) in [6, 6.07) is 5.30. The molecule has 4 heterocycles. The van der Waals surface area contributed by atoms with Gasteiger partial charge in [-0.25, -0.2) is 4.98 Å². The van der Waals surface area contributed by atoms with Crippen molar-refractivity contribution in [2.45, 2.75) is 32.5 Å². The van der Waals surface area contributed by atoms with Crippen LogP contribution < -0.4 is 4.74 Å². The van der Waals surface area contributed by atoms with Gasteiger partial charge >= 0.3 is 0 Å². The summed E-state index contributed by atoms with van der Waals surface area (Å²) in [4.78, 5) is 22.9. The molecule has 1 amide bonds. The van der Waals surface area contributed by atoms with Crippen molar-refractivity contribution in [3.05, 3.63) is 60.2 Å². The Morgan fingerprint density at radius 1 is 1.31 bits per heavy atom. The van der Waals surface area contributed by atoms with Crippen LogP contribution >= 0.6 is 0 Å². The number of carbonyl (C=O) groups excluding carboxylic acids is 1. The minimum absolute atomic E-state index is 0.128. The lowest BCUT2D eigenvalue weighted by atomic mass is 10.1. The van der Waals surface area contributed by atoms with E-state index in [2.05, 4.69) is 15.1 Å². The Labute approximate surface area is 150 Å². The van der Waals surface area contributed by atoms with Crippen molar-refractivity contribution in [1.29, 1.82) is 0 Å². The van der Waals surface area contributed by atoms with Crippen LogP contribution in [0.15, 0.2) is 47.4 Å². The summed E-state index contributed by atoms with van der Waals surface area (Å²) in [5.74, 6) is 1.33. The summed E-state index contributed by atoms with van der Waals surface area (Å²) in [5.41, 5.74) is 0.989. The molecule has 0 aromatic carbocycles. The van der Waals surface area contributed by atoms with Gasteiger partial charge in [-0.15, -0.1) is 0 Å². The largest absolute Gasteiger partial charge is 0.474 e. The molecule has 1 atom stereocenters. The molecule has 0 aliphatic carbocycles. The Morgan fingerprint density at radius 3 is 3.00 bits per heavy atom. The molecule has 134 valence electrons. The van der Waals surface area contributed by atoms with E-state index in [1.54, 1.807) is 41.8 Å². The van der Waals surface area contributed by atoms with Crippen LogP contribution in [0.1, 0.15) is 28.4 Å². The van der Waals surface area contributed by atoms with E-state index in [0.29, 0.717) is 30.6 Å². The number of aromatic nitrogens is 4. The molecule has 1 unspecified atom stereocenters. The van der Waals surface area contributed by atoms with Crippen LogP contribution in [0.2, 0.25) is 0 Å². The molecule has 0 spiro atoms. The summed E-state index contributed by atoms with van der Waals surface area (Å²) in [6.45, 7) is 3.32. The minimum atomic E-state index is -0.152. The highest BCUT2D eigenvalue weighted by Crippen LogP contribution is 2.21. The molecule has 3 aromatic heterocycles. The molecule has 26 heavy (non-hydrogen) atoms. The molecule has 0 fully saturated rings. The normalized spacial score (nSPS) is 16.8. The van der Waals surface area contributed by atoms with E-state index in [1.165, 1.54) is 0 Å². The van der Waals surface area contributed by atoms with Gasteiger partial charge in [0.15, 0.2) is 5.76 Å². The van der Waals surface area contributed by atoms with Gasteiger partial charge in [0, 0.05) is 25.1 Å². The molecule has 1 aliphatic heterocycles. The highest BCUT2D eigenvalue weighted by molar-refractivity contribution is 5.91. The standard InChI is InChI=1S/C18H19N5O3/c1-13-2-3-16(26-13)18(24)22-11-14-4-6-21-23(14)9-5-15(22)12-25-17-10-19-7-8-20-17/h2-4,6-8,10,15H,5,9,11-12H2,1H3. The molecule has 0 saturated carbocycles. The summed E-state index contributed by atoms with van der Waals surface area (Å²) in [5, 5.41) is 4.33. The van der Waals surface area contributed by atoms with Crippen LogP contribution in [0.4, 0.5) is 0 Å². The Morgan fingerprint density at radius 2 is 2.23 bits per heavy atom. The van der Waals surface area contributed by atoms with Crippen LogP contribution in [0.3, 0.4) is 0 Å². The van der Waals surface area contributed by atoms with Crippen LogP contribution in [-0.4, -0.2) is 43.2 Å². The molecule has 1 aliphatic rings. The van der Waals surface area contributed by atoms with Crippen molar-refractivity contribution >= 4 is 5.91 Å². The average Bonchev–Trinajstić information content (AvgIpc) is 3.26. The maximum Gasteiger partial charge on any atom is 0.290 e. The second-order valence-electron chi connectivity index (χ2n) is 6.19. The fourth-order valence-electron chi connectivity index (χ4n) is 3.07. The number of ether oxygens (including phenoxy) is 1. The zero-order valence-electron chi connectivity index (χ0n) is 14.4. The molecule has 3 aromatic rings. The summed E-state index contributed by atoms with van der Waals surface area (Å²) >= 11 is 0. The lowest BCUT2D eigenvalue weighted by Crippen LogP contribution is -2.42. The fraction of sp³-hybridized carbons (Fsp3) is 0.333. The number of nitrogens with zero attached hydrogens (tertiary/aromatic N) is 5. The van der Waals surface area contributed by atoms with Crippen LogP contribution in [0, 0.1) is 6.92 Å². The minimum Gasteiger partial charge on any atom is -0.474 e. The summed E-state index contributed by atoms with van der Waals surface area (Å²) < 4.78 is 13.2. The van der Waals surface area contributed by atoms with Crippen molar-refractivity contribution in [3.63, 3.8) is 0 Å². The average molecular weight is 353 g/mol. The van der Waals surface area contributed by atoms with Gasteiger partial charge in [-0.05, 0) is 31.5 Å². The molecule has 0 bridgehead atoms. The first-order valence-electron chi connectivity index (χ1n) is 8.47. The Kier molecular flexibility index (Phi) is 4.39. The lowest BCUT2D eigenvalue weighted by molar-refractivity contribution is 0.0552. The third-order valence-corrected chi connectivity index (χ3v) is 4.43. The van der Waals surface area contributed by atoms with E-state index in [9.17, 15) is 4.79 Å². The lowest BCUT2D eigenvalue weighted by Gasteiger charge is -2.28. The molecular formula is C18H19N5O3. The van der Waals surface area contributed by atoms with Gasteiger partial charge < -0.3 is 14.1 Å². The van der Waals surface area contributed by atoms with E-state index in [0.717, 1.165) is 18.7 Å². The Bertz CT molecular complexity index is 889. The maximum absolute atomic E-state index is 13.0. The van der Waals surface area contributed by atoms with Gasteiger partial charge in [0.05, 0.1) is 24.5 Å². The van der Waals surface area contributed by atoms with Gasteiger partial charge in [0.2, 0.25) is 5.88 Å². The van der Waals surface area contributed by atoms with Crippen molar-refractivity contribution in [2.24, 2.45) is 0 Å². The van der Waals surface area contributed by atoms with E-state index >= 15 is 0 Å². The van der Waals surface area contributed by atoms with E-state index in [-0.39, 0.29) is 11.9 Å². The van der Waals surface area contributed by atoms with E-state index in [1.807, 2.05) is 17.7 Å². The molecule has 0 saturated heterocycles. The van der Waals surface area contributed by atoms with Gasteiger partial charge in [0.1, 0.15) is 12.4 Å². The third-order valence-electron chi connectivity index (χ3n) is 4.43. The number of hydrogen-bond donors (Lipinski definition) is 0. The molecule has 0 N–H and O–H groups in total. The van der Waals surface area contributed by atoms with Crippen molar-refractivity contribution in [1.82, 2.24) is 24.6 Å². The predicted molar refractivity (Wildman–Crippen MR) is 91.5 cm³/mol. The van der Waals surface area contributed by atoms with Crippen molar-refractivity contribution in [3.8, 4) is 5.88 Å². The van der Waals surface area contributed by atoms with E-state index < -0.39 is 0 Å². The SMILES string of the molecule is Cc1ccc(C(=O)N2Cc3ccnn3CCC2COc2cnccn2)o1. The number of furan rings is 1. The van der Waals surface area contributed by atoms with Gasteiger partial charge in [-0.2, -0.15) is 5.10 Å². The topological polar surface area (TPSA) is 86.3 Å². The van der Waals surface area contributed by atoms with Gasteiger partial charge in [0.25, 0.3) is 5.91 Å². The number of amides is 1. The first-order valence-corrected chi connectivity index (χ1v) is 8.47. The monoisotopic (exact) mass is 353 g/mol. The Balaban J connectivity index is 1.57. The van der Waals surface area contributed by atoms with Crippen molar-refractivity contribution < 1.29 is 13.9 Å². The highest BCUT2D eigenvalue weighted by Gasteiger charge is 2.31. The third kappa shape index (κ3) is 3.30. The van der Waals surface area contributed by atoms with Gasteiger partial charge in [-0.3, -0.25) is 14.5 Å². The van der Waals surface area contributed by atoms with Gasteiger partial charge in [-0.1, -0.05) is 0 Å². The fourth-order valence-corrected chi connectivity index (χ4v) is 3.07. The zero-order valence-corrected chi connectivity index (χ0v) is 14.4. The number of carbonyl (C=O) groups is 1. The molecule has 8 nitrogen and oxygen atoms in total. The quantitative estimate of drug-likeness (QED) is 0.714. The first kappa shape index (κ1) is 16.3. The summed E-state index contributed by atoms with van der Waals surface area (Å²) in [6.07, 6.45) is 7.20. The molecule has 4 rings (SSSR count).